The molecule has 0 amide bonds. The highest BCUT2D eigenvalue weighted by molar-refractivity contribution is 5.68. The van der Waals surface area contributed by atoms with E-state index in [1.807, 2.05) is 6.07 Å². The van der Waals surface area contributed by atoms with Gasteiger partial charge in [0.2, 0.25) is 5.88 Å². The highest BCUT2D eigenvalue weighted by atomic mass is 16.5. The zero-order chi connectivity index (χ0) is 12.1. The fourth-order valence-electron chi connectivity index (χ4n) is 1.19. The van der Waals surface area contributed by atoms with Crippen LogP contribution in [0.4, 0.5) is 0 Å². The Labute approximate surface area is 96.9 Å². The lowest BCUT2D eigenvalue weighted by atomic mass is 10.3. The molecule has 0 saturated carbocycles. The van der Waals surface area contributed by atoms with E-state index in [1.54, 1.807) is 18.5 Å². The number of nitrogens with zero attached hydrogens (tertiary/aromatic N) is 3. The lowest BCUT2D eigenvalue weighted by molar-refractivity contribution is -0.139. The topological polar surface area (TPSA) is 85.2 Å². The van der Waals surface area contributed by atoms with Gasteiger partial charge < -0.3 is 9.84 Å². The Morgan fingerprint density at radius 1 is 1.35 bits per heavy atom. The normalized spacial score (nSPS) is 9.88. The van der Waals surface area contributed by atoms with Crippen molar-refractivity contribution in [2.24, 2.45) is 0 Å². The lowest BCUT2D eigenvalue weighted by Crippen LogP contribution is -2.10. The van der Waals surface area contributed by atoms with Gasteiger partial charge >= 0.3 is 5.97 Å². The molecule has 0 unspecified atom stereocenters. The SMILES string of the molecule is O=C(O)COc1ccnc(-c2cccnc2)n1. The maximum absolute atomic E-state index is 10.3. The predicted molar refractivity (Wildman–Crippen MR) is 58.4 cm³/mol. The molecule has 86 valence electrons. The van der Waals surface area contributed by atoms with Gasteiger partial charge in [-0.2, -0.15) is 4.98 Å². The smallest absolute Gasteiger partial charge is 0.341 e. The summed E-state index contributed by atoms with van der Waals surface area (Å²) in [6, 6.07) is 5.08. The number of carbonyl (C=O) groups is 1. The second-order valence-electron chi connectivity index (χ2n) is 3.14. The van der Waals surface area contributed by atoms with Gasteiger partial charge in [0, 0.05) is 30.2 Å². The third-order valence-electron chi connectivity index (χ3n) is 1.89. The summed E-state index contributed by atoms with van der Waals surface area (Å²) in [6.45, 7) is -0.427. The van der Waals surface area contributed by atoms with Crippen molar-refractivity contribution in [1.29, 1.82) is 0 Å². The van der Waals surface area contributed by atoms with E-state index in [4.69, 9.17) is 9.84 Å². The van der Waals surface area contributed by atoms with Gasteiger partial charge in [-0.1, -0.05) is 0 Å². The van der Waals surface area contributed by atoms with Crippen molar-refractivity contribution in [3.8, 4) is 17.3 Å². The van der Waals surface area contributed by atoms with Crippen molar-refractivity contribution >= 4 is 5.97 Å². The molecule has 6 nitrogen and oxygen atoms in total. The van der Waals surface area contributed by atoms with Crippen LogP contribution in [0.2, 0.25) is 0 Å². The Bertz CT molecular complexity index is 516. The van der Waals surface area contributed by atoms with Crippen LogP contribution in [0.5, 0.6) is 5.88 Å². The van der Waals surface area contributed by atoms with E-state index >= 15 is 0 Å². The van der Waals surface area contributed by atoms with Crippen LogP contribution in [-0.4, -0.2) is 32.6 Å². The molecule has 6 heteroatoms. The number of ether oxygens (including phenoxy) is 1. The van der Waals surface area contributed by atoms with Crippen molar-refractivity contribution in [2.75, 3.05) is 6.61 Å². The highest BCUT2D eigenvalue weighted by Crippen LogP contribution is 2.15. The number of carboxylic acids is 1. The summed E-state index contributed by atoms with van der Waals surface area (Å²) in [7, 11) is 0. The first kappa shape index (κ1) is 11.0. The van der Waals surface area contributed by atoms with Gasteiger partial charge in [-0.05, 0) is 12.1 Å². The fraction of sp³-hybridized carbons (Fsp3) is 0.0909. The Kier molecular flexibility index (Phi) is 3.25. The minimum absolute atomic E-state index is 0.223. The minimum atomic E-state index is -1.05. The number of rotatable bonds is 4. The molecule has 2 aromatic rings. The van der Waals surface area contributed by atoms with Crippen molar-refractivity contribution in [3.63, 3.8) is 0 Å². The molecule has 2 rings (SSSR count). The van der Waals surface area contributed by atoms with Gasteiger partial charge in [0.1, 0.15) is 0 Å². The minimum Gasteiger partial charge on any atom is -0.479 e. The van der Waals surface area contributed by atoms with Gasteiger partial charge in [-0.3, -0.25) is 4.98 Å². The summed E-state index contributed by atoms with van der Waals surface area (Å²) in [5.41, 5.74) is 0.744. The lowest BCUT2D eigenvalue weighted by Gasteiger charge is -2.03. The molecule has 2 aromatic heterocycles. The quantitative estimate of drug-likeness (QED) is 0.844. The molecule has 0 radical (unpaired) electrons. The summed E-state index contributed by atoms with van der Waals surface area (Å²) in [4.78, 5) is 22.4. The molecule has 0 aliphatic carbocycles. The number of aromatic nitrogens is 3. The Morgan fingerprint density at radius 3 is 2.94 bits per heavy atom. The van der Waals surface area contributed by atoms with Crippen LogP contribution in [0.15, 0.2) is 36.8 Å². The second-order valence-corrected chi connectivity index (χ2v) is 3.14. The molecule has 0 spiro atoms. The monoisotopic (exact) mass is 231 g/mol. The summed E-state index contributed by atoms with van der Waals surface area (Å²) in [5.74, 6) is -0.381. The van der Waals surface area contributed by atoms with Crippen LogP contribution in [0.1, 0.15) is 0 Å². The van der Waals surface area contributed by atoms with Crippen molar-refractivity contribution in [3.05, 3.63) is 36.8 Å². The number of pyridine rings is 1. The molecule has 0 fully saturated rings. The predicted octanol–water partition coefficient (Wildman–Crippen LogP) is 1.00. The second kappa shape index (κ2) is 5.02. The zero-order valence-electron chi connectivity index (χ0n) is 8.78. The van der Waals surface area contributed by atoms with E-state index < -0.39 is 12.6 Å². The summed E-state index contributed by atoms with van der Waals surface area (Å²) >= 11 is 0. The van der Waals surface area contributed by atoms with Crippen LogP contribution in [-0.2, 0) is 4.79 Å². The first-order valence-electron chi connectivity index (χ1n) is 4.84. The third-order valence-corrected chi connectivity index (χ3v) is 1.89. The van der Waals surface area contributed by atoms with Crippen LogP contribution >= 0.6 is 0 Å². The first-order valence-corrected chi connectivity index (χ1v) is 4.84. The van der Waals surface area contributed by atoms with Crippen LogP contribution in [0.25, 0.3) is 11.4 Å². The molecule has 2 heterocycles. The summed E-state index contributed by atoms with van der Waals surface area (Å²) in [5, 5.41) is 8.48. The van der Waals surface area contributed by atoms with Crippen LogP contribution < -0.4 is 4.74 Å². The zero-order valence-corrected chi connectivity index (χ0v) is 8.78. The molecular formula is C11H9N3O3. The molecule has 0 aliphatic heterocycles. The van der Waals surface area contributed by atoms with E-state index in [1.165, 1.54) is 12.3 Å². The Balaban J connectivity index is 2.20. The largest absolute Gasteiger partial charge is 0.479 e. The van der Waals surface area contributed by atoms with E-state index in [0.29, 0.717) is 5.82 Å². The van der Waals surface area contributed by atoms with E-state index in [2.05, 4.69) is 15.0 Å². The number of aliphatic carboxylic acids is 1. The van der Waals surface area contributed by atoms with Gasteiger partial charge in [-0.25, -0.2) is 9.78 Å². The molecule has 0 saturated heterocycles. The molecule has 0 aliphatic rings. The van der Waals surface area contributed by atoms with E-state index in [-0.39, 0.29) is 5.88 Å². The van der Waals surface area contributed by atoms with Crippen molar-refractivity contribution in [1.82, 2.24) is 15.0 Å². The molecule has 0 bridgehead atoms. The van der Waals surface area contributed by atoms with Gasteiger partial charge in [0.25, 0.3) is 0 Å². The van der Waals surface area contributed by atoms with E-state index in [9.17, 15) is 4.79 Å². The maximum atomic E-state index is 10.3. The van der Waals surface area contributed by atoms with Gasteiger partial charge in [0.05, 0.1) is 0 Å². The number of carboxylic acid groups (broad SMARTS) is 1. The molecule has 0 atom stereocenters. The Morgan fingerprint density at radius 2 is 2.24 bits per heavy atom. The van der Waals surface area contributed by atoms with Gasteiger partial charge in [0.15, 0.2) is 12.4 Å². The average molecular weight is 231 g/mol. The van der Waals surface area contributed by atoms with Crippen LogP contribution in [0.3, 0.4) is 0 Å². The number of hydrogen-bond donors (Lipinski definition) is 1. The van der Waals surface area contributed by atoms with Crippen molar-refractivity contribution < 1.29 is 14.6 Å². The molecule has 0 aromatic carbocycles. The molecular weight excluding hydrogens is 222 g/mol. The maximum Gasteiger partial charge on any atom is 0.341 e. The summed E-state index contributed by atoms with van der Waals surface area (Å²) in [6.07, 6.45) is 4.77. The molecule has 17 heavy (non-hydrogen) atoms. The standard InChI is InChI=1S/C11H9N3O3/c15-10(16)7-17-9-3-5-13-11(14-9)8-2-1-4-12-6-8/h1-6H,7H2,(H,15,16). The average Bonchev–Trinajstić information content (AvgIpc) is 2.38. The fourth-order valence-corrected chi connectivity index (χ4v) is 1.19. The van der Waals surface area contributed by atoms with Crippen molar-refractivity contribution in [2.45, 2.75) is 0 Å². The molecule has 1 N–H and O–H groups in total. The Hall–Kier alpha value is -2.50. The third kappa shape index (κ3) is 2.97. The number of hydrogen-bond acceptors (Lipinski definition) is 5. The first-order chi connectivity index (χ1) is 8.25. The van der Waals surface area contributed by atoms with Gasteiger partial charge in [-0.15, -0.1) is 0 Å². The highest BCUT2D eigenvalue weighted by Gasteiger charge is 2.04. The van der Waals surface area contributed by atoms with Crippen LogP contribution in [0, 0.1) is 0 Å². The summed E-state index contributed by atoms with van der Waals surface area (Å²) < 4.78 is 4.96. The van der Waals surface area contributed by atoms with E-state index in [0.717, 1.165) is 5.56 Å².